The van der Waals surface area contributed by atoms with Crippen LogP contribution in [0.1, 0.15) is 15.9 Å². The second-order valence-electron chi connectivity index (χ2n) is 6.46. The molecule has 0 radical (unpaired) electrons. The summed E-state index contributed by atoms with van der Waals surface area (Å²) in [6, 6.07) is 9.98. The number of carbonyl (C=O) groups is 1. The Kier molecular flexibility index (Phi) is 4.56. The number of nitrogens with one attached hydrogen (secondary N) is 2. The predicted octanol–water partition coefficient (Wildman–Crippen LogP) is 1.81. The van der Waals surface area contributed by atoms with Crippen molar-refractivity contribution in [3.05, 3.63) is 58.0 Å². The molecule has 0 atom stereocenters. The molecule has 8 nitrogen and oxygen atoms in total. The molecule has 1 amide bonds. The van der Waals surface area contributed by atoms with Crippen molar-refractivity contribution in [1.29, 1.82) is 0 Å². The van der Waals surface area contributed by atoms with E-state index in [4.69, 9.17) is 0 Å². The molecular formula is C18H20N4O4S. The summed E-state index contributed by atoms with van der Waals surface area (Å²) >= 11 is 0. The van der Waals surface area contributed by atoms with E-state index in [1.165, 1.54) is 15.2 Å². The van der Waals surface area contributed by atoms with Gasteiger partial charge in [0.15, 0.2) is 0 Å². The standard InChI is InChI=1S/C18H20N4O4S/c1-11-5-6-12(9-14(11)20-27(4,25)26)17(23)19-13-7-8-15-16(10-13)22(3)18(24)21(15)2/h5-10,20H,1-4H3,(H,19,23). The Balaban J connectivity index is 1.91. The summed E-state index contributed by atoms with van der Waals surface area (Å²) in [5.41, 5.74) is 3.21. The van der Waals surface area contributed by atoms with E-state index < -0.39 is 10.0 Å². The monoisotopic (exact) mass is 388 g/mol. The number of sulfonamides is 1. The molecule has 142 valence electrons. The smallest absolute Gasteiger partial charge is 0.322 e. The third-order valence-electron chi connectivity index (χ3n) is 4.32. The average Bonchev–Trinajstić information content (AvgIpc) is 2.80. The minimum Gasteiger partial charge on any atom is -0.322 e. The van der Waals surface area contributed by atoms with Crippen LogP contribution in [-0.4, -0.2) is 29.7 Å². The fourth-order valence-corrected chi connectivity index (χ4v) is 3.48. The number of carbonyl (C=O) groups excluding carboxylic acids is 1. The van der Waals surface area contributed by atoms with E-state index in [0.717, 1.165) is 11.8 Å². The normalized spacial score (nSPS) is 11.6. The van der Waals surface area contributed by atoms with E-state index in [9.17, 15) is 18.0 Å². The lowest BCUT2D eigenvalue weighted by atomic mass is 10.1. The summed E-state index contributed by atoms with van der Waals surface area (Å²) < 4.78 is 28.4. The molecule has 0 aliphatic carbocycles. The lowest BCUT2D eigenvalue weighted by Crippen LogP contribution is -2.19. The Labute approximate surface area is 156 Å². The second kappa shape index (κ2) is 6.58. The number of amides is 1. The van der Waals surface area contributed by atoms with Crippen molar-refractivity contribution in [3.63, 3.8) is 0 Å². The van der Waals surface area contributed by atoms with Crippen LogP contribution >= 0.6 is 0 Å². The van der Waals surface area contributed by atoms with Crippen molar-refractivity contribution in [2.45, 2.75) is 6.92 Å². The average molecular weight is 388 g/mol. The number of nitrogens with zero attached hydrogens (tertiary/aromatic N) is 2. The van der Waals surface area contributed by atoms with Gasteiger partial charge in [0.2, 0.25) is 10.0 Å². The first-order valence-corrected chi connectivity index (χ1v) is 10.0. The molecule has 0 spiro atoms. The molecule has 3 rings (SSSR count). The molecule has 0 aliphatic rings. The maximum Gasteiger partial charge on any atom is 0.328 e. The Hall–Kier alpha value is -3.07. The molecule has 2 aromatic carbocycles. The topological polar surface area (TPSA) is 102 Å². The molecule has 0 saturated carbocycles. The number of benzene rings is 2. The predicted molar refractivity (Wildman–Crippen MR) is 106 cm³/mol. The van der Waals surface area contributed by atoms with Gasteiger partial charge in [-0.3, -0.25) is 18.7 Å². The quantitative estimate of drug-likeness (QED) is 0.711. The minimum absolute atomic E-state index is 0.150. The zero-order valence-electron chi connectivity index (χ0n) is 15.4. The van der Waals surface area contributed by atoms with Gasteiger partial charge in [0, 0.05) is 25.3 Å². The number of fused-ring (bicyclic) bond motifs is 1. The largest absolute Gasteiger partial charge is 0.328 e. The van der Waals surface area contributed by atoms with Gasteiger partial charge in [-0.05, 0) is 42.8 Å². The highest BCUT2D eigenvalue weighted by Crippen LogP contribution is 2.21. The Morgan fingerprint density at radius 1 is 1.00 bits per heavy atom. The number of anilines is 2. The van der Waals surface area contributed by atoms with Crippen LogP contribution in [0, 0.1) is 6.92 Å². The first-order chi connectivity index (χ1) is 12.6. The maximum atomic E-state index is 12.6. The highest BCUT2D eigenvalue weighted by atomic mass is 32.2. The third-order valence-corrected chi connectivity index (χ3v) is 4.92. The second-order valence-corrected chi connectivity index (χ2v) is 8.21. The molecule has 0 bridgehead atoms. The van der Waals surface area contributed by atoms with Gasteiger partial charge in [-0.15, -0.1) is 0 Å². The number of imidazole rings is 1. The summed E-state index contributed by atoms with van der Waals surface area (Å²) in [4.78, 5) is 24.6. The zero-order valence-corrected chi connectivity index (χ0v) is 16.2. The summed E-state index contributed by atoms with van der Waals surface area (Å²) in [5, 5.41) is 2.78. The van der Waals surface area contributed by atoms with E-state index in [1.807, 2.05) is 0 Å². The highest BCUT2D eigenvalue weighted by molar-refractivity contribution is 7.92. The molecule has 1 aromatic heterocycles. The Bertz CT molecular complexity index is 1220. The SMILES string of the molecule is Cc1ccc(C(=O)Nc2ccc3c(c2)n(C)c(=O)n3C)cc1NS(C)(=O)=O. The fraction of sp³-hybridized carbons (Fsp3) is 0.222. The molecule has 0 saturated heterocycles. The Morgan fingerprint density at radius 3 is 2.33 bits per heavy atom. The fourth-order valence-electron chi connectivity index (χ4n) is 2.86. The lowest BCUT2D eigenvalue weighted by Gasteiger charge is -2.11. The molecule has 27 heavy (non-hydrogen) atoms. The van der Waals surface area contributed by atoms with E-state index in [2.05, 4.69) is 10.0 Å². The maximum absolute atomic E-state index is 12.6. The van der Waals surface area contributed by atoms with Crippen LogP contribution in [0.4, 0.5) is 11.4 Å². The van der Waals surface area contributed by atoms with Crippen molar-refractivity contribution in [2.24, 2.45) is 14.1 Å². The lowest BCUT2D eigenvalue weighted by molar-refractivity contribution is 0.102. The van der Waals surface area contributed by atoms with Crippen LogP contribution in [-0.2, 0) is 24.1 Å². The Morgan fingerprint density at radius 2 is 1.67 bits per heavy atom. The van der Waals surface area contributed by atoms with Crippen LogP contribution in [0.2, 0.25) is 0 Å². The number of rotatable bonds is 4. The van der Waals surface area contributed by atoms with Crippen LogP contribution in [0.15, 0.2) is 41.2 Å². The number of aryl methyl sites for hydroxylation is 3. The summed E-state index contributed by atoms with van der Waals surface area (Å²) in [7, 11) is -0.0962. The molecular weight excluding hydrogens is 368 g/mol. The van der Waals surface area contributed by atoms with Crippen molar-refractivity contribution in [1.82, 2.24) is 9.13 Å². The number of hydrogen-bond acceptors (Lipinski definition) is 4. The molecule has 9 heteroatoms. The molecule has 0 aliphatic heterocycles. The minimum atomic E-state index is -3.45. The van der Waals surface area contributed by atoms with Crippen LogP contribution in [0.25, 0.3) is 11.0 Å². The molecule has 0 fully saturated rings. The van der Waals surface area contributed by atoms with Crippen LogP contribution in [0.5, 0.6) is 0 Å². The summed E-state index contributed by atoms with van der Waals surface area (Å²) in [6.07, 6.45) is 1.05. The first-order valence-electron chi connectivity index (χ1n) is 8.12. The number of hydrogen-bond donors (Lipinski definition) is 2. The number of aromatic nitrogens is 2. The van der Waals surface area contributed by atoms with Gasteiger partial charge in [0.25, 0.3) is 5.91 Å². The summed E-state index contributed by atoms with van der Waals surface area (Å²) in [5.74, 6) is -0.383. The molecule has 1 heterocycles. The van der Waals surface area contributed by atoms with Gasteiger partial charge in [-0.1, -0.05) is 6.07 Å². The van der Waals surface area contributed by atoms with Gasteiger partial charge in [0.05, 0.1) is 23.0 Å². The molecule has 2 N–H and O–H groups in total. The summed E-state index contributed by atoms with van der Waals surface area (Å²) in [6.45, 7) is 1.75. The van der Waals surface area contributed by atoms with E-state index in [1.54, 1.807) is 51.4 Å². The zero-order chi connectivity index (χ0) is 19.9. The third kappa shape index (κ3) is 3.72. The van der Waals surface area contributed by atoms with Crippen molar-refractivity contribution in [3.8, 4) is 0 Å². The van der Waals surface area contributed by atoms with Crippen molar-refractivity contribution < 1.29 is 13.2 Å². The van der Waals surface area contributed by atoms with Gasteiger partial charge in [-0.25, -0.2) is 13.2 Å². The molecule has 3 aromatic rings. The highest BCUT2D eigenvalue weighted by Gasteiger charge is 2.13. The molecule has 0 unspecified atom stereocenters. The van der Waals surface area contributed by atoms with Crippen LogP contribution < -0.4 is 15.7 Å². The van der Waals surface area contributed by atoms with E-state index >= 15 is 0 Å². The van der Waals surface area contributed by atoms with E-state index in [-0.39, 0.29) is 11.6 Å². The van der Waals surface area contributed by atoms with Crippen LogP contribution in [0.3, 0.4) is 0 Å². The van der Waals surface area contributed by atoms with Gasteiger partial charge in [-0.2, -0.15) is 0 Å². The van der Waals surface area contributed by atoms with Crippen molar-refractivity contribution >= 4 is 38.3 Å². The van der Waals surface area contributed by atoms with Gasteiger partial charge >= 0.3 is 5.69 Å². The van der Waals surface area contributed by atoms with Crippen molar-refractivity contribution in [2.75, 3.05) is 16.3 Å². The first kappa shape index (κ1) is 18.7. The van der Waals surface area contributed by atoms with Gasteiger partial charge < -0.3 is 5.32 Å². The van der Waals surface area contributed by atoms with E-state index in [0.29, 0.717) is 28.0 Å². The van der Waals surface area contributed by atoms with Gasteiger partial charge in [0.1, 0.15) is 0 Å².